The molecule has 84 valence electrons. The third-order valence-corrected chi connectivity index (χ3v) is 2.27. The Morgan fingerprint density at radius 2 is 2.25 bits per heavy atom. The van der Waals surface area contributed by atoms with Crippen molar-refractivity contribution in [2.45, 2.75) is 19.4 Å². The van der Waals surface area contributed by atoms with Crippen LogP contribution in [0.25, 0.3) is 11.5 Å². The summed E-state index contributed by atoms with van der Waals surface area (Å²) < 4.78 is 5.47. The first-order valence-corrected chi connectivity index (χ1v) is 5.37. The first-order valence-electron chi connectivity index (χ1n) is 4.99. The summed E-state index contributed by atoms with van der Waals surface area (Å²) in [6.07, 6.45) is 0.577. The van der Waals surface area contributed by atoms with E-state index in [9.17, 15) is 0 Å². The smallest absolute Gasteiger partial charge is 0.247 e. The first-order chi connectivity index (χ1) is 7.65. The maximum atomic E-state index is 5.88. The number of halogens is 1. The summed E-state index contributed by atoms with van der Waals surface area (Å²) >= 11 is 5.88. The van der Waals surface area contributed by atoms with E-state index in [0.29, 0.717) is 23.2 Å². The van der Waals surface area contributed by atoms with Gasteiger partial charge in [-0.15, -0.1) is 10.2 Å². The summed E-state index contributed by atoms with van der Waals surface area (Å²) in [5.74, 6) is 1.02. The van der Waals surface area contributed by atoms with Gasteiger partial charge in [-0.05, 0) is 25.1 Å². The molecule has 0 saturated carbocycles. The van der Waals surface area contributed by atoms with Crippen LogP contribution in [0.3, 0.4) is 0 Å². The zero-order chi connectivity index (χ0) is 11.5. The van der Waals surface area contributed by atoms with Gasteiger partial charge >= 0.3 is 0 Å². The second-order valence-electron chi connectivity index (χ2n) is 3.69. The molecule has 1 aromatic heterocycles. The van der Waals surface area contributed by atoms with Crippen molar-refractivity contribution < 1.29 is 4.42 Å². The number of rotatable bonds is 3. The number of hydrogen-bond donors (Lipinski definition) is 1. The van der Waals surface area contributed by atoms with Crippen molar-refractivity contribution in [2.24, 2.45) is 5.73 Å². The molecule has 2 N–H and O–H groups in total. The van der Waals surface area contributed by atoms with E-state index in [2.05, 4.69) is 10.2 Å². The lowest BCUT2D eigenvalue weighted by molar-refractivity contribution is 0.487. The fourth-order valence-electron chi connectivity index (χ4n) is 1.35. The van der Waals surface area contributed by atoms with Gasteiger partial charge < -0.3 is 10.2 Å². The summed E-state index contributed by atoms with van der Waals surface area (Å²) in [4.78, 5) is 0. The second-order valence-corrected chi connectivity index (χ2v) is 4.13. The van der Waals surface area contributed by atoms with Gasteiger partial charge in [-0.3, -0.25) is 0 Å². The summed E-state index contributed by atoms with van der Waals surface area (Å²) in [6.45, 7) is 1.89. The molecule has 5 heteroatoms. The van der Waals surface area contributed by atoms with Crippen LogP contribution in [0.15, 0.2) is 28.7 Å². The zero-order valence-corrected chi connectivity index (χ0v) is 9.61. The Balaban J connectivity index is 2.24. The van der Waals surface area contributed by atoms with E-state index in [1.165, 1.54) is 0 Å². The van der Waals surface area contributed by atoms with Crippen molar-refractivity contribution in [2.75, 3.05) is 0 Å². The van der Waals surface area contributed by atoms with Crippen molar-refractivity contribution in [1.29, 1.82) is 0 Å². The Morgan fingerprint density at radius 1 is 1.44 bits per heavy atom. The topological polar surface area (TPSA) is 64.9 Å². The van der Waals surface area contributed by atoms with Crippen LogP contribution in [0.5, 0.6) is 0 Å². The van der Waals surface area contributed by atoms with Crippen LogP contribution >= 0.6 is 11.6 Å². The minimum Gasteiger partial charge on any atom is -0.421 e. The molecule has 0 aliphatic rings. The molecule has 1 unspecified atom stereocenters. The number of aromatic nitrogens is 2. The molecule has 0 aliphatic carbocycles. The van der Waals surface area contributed by atoms with E-state index >= 15 is 0 Å². The fourth-order valence-corrected chi connectivity index (χ4v) is 1.54. The van der Waals surface area contributed by atoms with E-state index in [1.54, 1.807) is 12.1 Å². The van der Waals surface area contributed by atoms with Crippen LogP contribution in [0.1, 0.15) is 12.8 Å². The van der Waals surface area contributed by atoms with Crippen molar-refractivity contribution in [3.63, 3.8) is 0 Å². The van der Waals surface area contributed by atoms with E-state index in [-0.39, 0.29) is 6.04 Å². The predicted octanol–water partition coefficient (Wildman–Crippen LogP) is 2.28. The molecule has 0 saturated heterocycles. The van der Waals surface area contributed by atoms with Crippen molar-refractivity contribution in [1.82, 2.24) is 10.2 Å². The highest BCUT2D eigenvalue weighted by Crippen LogP contribution is 2.21. The Morgan fingerprint density at radius 3 is 2.94 bits per heavy atom. The Kier molecular flexibility index (Phi) is 3.22. The average Bonchev–Trinajstić information content (AvgIpc) is 2.65. The molecule has 1 aromatic carbocycles. The molecule has 0 amide bonds. The van der Waals surface area contributed by atoms with E-state index in [1.807, 2.05) is 19.1 Å². The van der Waals surface area contributed by atoms with E-state index in [0.717, 1.165) is 5.56 Å². The molecule has 1 heterocycles. The molecule has 2 rings (SSSR count). The summed E-state index contributed by atoms with van der Waals surface area (Å²) in [7, 11) is 0. The quantitative estimate of drug-likeness (QED) is 0.890. The van der Waals surface area contributed by atoms with E-state index in [4.69, 9.17) is 21.8 Å². The molecule has 0 fully saturated rings. The zero-order valence-electron chi connectivity index (χ0n) is 8.85. The monoisotopic (exact) mass is 237 g/mol. The normalized spacial score (nSPS) is 12.7. The predicted molar refractivity (Wildman–Crippen MR) is 62.1 cm³/mol. The SMILES string of the molecule is CC(N)Cc1nnc(-c2cccc(Cl)c2)o1. The van der Waals surface area contributed by atoms with Gasteiger partial charge in [0.15, 0.2) is 0 Å². The van der Waals surface area contributed by atoms with Crippen LogP contribution < -0.4 is 5.73 Å². The Hall–Kier alpha value is -1.39. The molecule has 0 aliphatic heterocycles. The van der Waals surface area contributed by atoms with Crippen molar-refractivity contribution in [3.05, 3.63) is 35.2 Å². The maximum Gasteiger partial charge on any atom is 0.247 e. The van der Waals surface area contributed by atoms with Crippen LogP contribution in [0.4, 0.5) is 0 Å². The third-order valence-electron chi connectivity index (χ3n) is 2.04. The summed E-state index contributed by atoms with van der Waals surface area (Å²) in [5.41, 5.74) is 6.46. The molecule has 1 atom stereocenters. The van der Waals surface area contributed by atoms with Crippen molar-refractivity contribution >= 4 is 11.6 Å². The highest BCUT2D eigenvalue weighted by molar-refractivity contribution is 6.30. The average molecular weight is 238 g/mol. The maximum absolute atomic E-state index is 5.88. The third kappa shape index (κ3) is 2.59. The van der Waals surface area contributed by atoms with Crippen LogP contribution in [0, 0.1) is 0 Å². The Labute approximate surface area is 98.4 Å². The molecule has 0 radical (unpaired) electrons. The number of hydrogen-bond acceptors (Lipinski definition) is 4. The lowest BCUT2D eigenvalue weighted by Crippen LogP contribution is -2.17. The minimum atomic E-state index is 0.00709. The molecule has 2 aromatic rings. The summed E-state index contributed by atoms with van der Waals surface area (Å²) in [5, 5.41) is 8.52. The number of nitrogens with zero attached hydrogens (tertiary/aromatic N) is 2. The first kappa shape index (κ1) is 11.1. The van der Waals surface area contributed by atoms with E-state index < -0.39 is 0 Å². The molecule has 4 nitrogen and oxygen atoms in total. The van der Waals surface area contributed by atoms with Gasteiger partial charge in [0, 0.05) is 23.0 Å². The molecule has 0 bridgehead atoms. The van der Waals surface area contributed by atoms with Gasteiger partial charge in [0.25, 0.3) is 0 Å². The van der Waals surface area contributed by atoms with Crippen molar-refractivity contribution in [3.8, 4) is 11.5 Å². The number of nitrogens with two attached hydrogens (primary N) is 1. The summed E-state index contributed by atoms with van der Waals surface area (Å²) in [6, 6.07) is 7.30. The second kappa shape index (κ2) is 4.63. The molecule has 0 spiro atoms. The largest absolute Gasteiger partial charge is 0.421 e. The fraction of sp³-hybridized carbons (Fsp3) is 0.273. The van der Waals surface area contributed by atoms with Gasteiger partial charge in [-0.2, -0.15) is 0 Å². The standard InChI is InChI=1S/C11H12ClN3O/c1-7(13)5-10-14-15-11(16-10)8-3-2-4-9(12)6-8/h2-4,6-7H,5,13H2,1H3. The van der Waals surface area contributed by atoms with Gasteiger partial charge in [-0.1, -0.05) is 17.7 Å². The lowest BCUT2D eigenvalue weighted by Gasteiger charge is -1.98. The van der Waals surface area contributed by atoms with Gasteiger partial charge in [0.05, 0.1) is 0 Å². The van der Waals surface area contributed by atoms with Gasteiger partial charge in [0.2, 0.25) is 11.8 Å². The van der Waals surface area contributed by atoms with Crippen LogP contribution in [0.2, 0.25) is 5.02 Å². The molecular formula is C11H12ClN3O. The van der Waals surface area contributed by atoms with Gasteiger partial charge in [0.1, 0.15) is 0 Å². The van der Waals surface area contributed by atoms with Crippen LogP contribution in [-0.4, -0.2) is 16.2 Å². The highest BCUT2D eigenvalue weighted by atomic mass is 35.5. The minimum absolute atomic E-state index is 0.00709. The Bertz CT molecular complexity index is 482. The highest BCUT2D eigenvalue weighted by Gasteiger charge is 2.09. The molecular weight excluding hydrogens is 226 g/mol. The lowest BCUT2D eigenvalue weighted by atomic mass is 10.2. The molecule has 16 heavy (non-hydrogen) atoms. The van der Waals surface area contributed by atoms with Gasteiger partial charge in [-0.25, -0.2) is 0 Å². The number of benzene rings is 1. The van der Waals surface area contributed by atoms with Crippen LogP contribution in [-0.2, 0) is 6.42 Å².